The quantitative estimate of drug-likeness (QED) is 0.655. The van der Waals surface area contributed by atoms with Crippen LogP contribution in [-0.2, 0) is 12.8 Å². The SMILES string of the molecule is CN(C)c1cccc(C(=O)NNC(=O)c2cc3c(s2)CCCCC3)c1. The molecule has 2 aromatic rings. The molecule has 25 heavy (non-hydrogen) atoms. The van der Waals surface area contributed by atoms with Crippen molar-refractivity contribution in [2.75, 3.05) is 19.0 Å². The van der Waals surface area contributed by atoms with Crippen molar-refractivity contribution in [1.82, 2.24) is 10.9 Å². The standard InChI is InChI=1S/C19H23N3O2S/c1-22(2)15-9-6-8-14(11-15)18(23)20-21-19(24)17-12-13-7-4-3-5-10-16(13)25-17/h6,8-9,11-12H,3-5,7,10H2,1-2H3,(H,20,23)(H,21,24). The minimum absolute atomic E-state index is 0.254. The number of carbonyl (C=O) groups is 2. The average molecular weight is 357 g/mol. The maximum absolute atomic E-state index is 12.3. The van der Waals surface area contributed by atoms with Crippen LogP contribution in [0, 0.1) is 0 Å². The lowest BCUT2D eigenvalue weighted by molar-refractivity contribution is 0.0849. The molecule has 0 bridgehead atoms. The molecule has 0 saturated carbocycles. The van der Waals surface area contributed by atoms with E-state index in [1.165, 1.54) is 29.7 Å². The molecule has 132 valence electrons. The fraction of sp³-hybridized carbons (Fsp3) is 0.368. The number of hydrogen-bond acceptors (Lipinski definition) is 4. The molecule has 5 nitrogen and oxygen atoms in total. The highest BCUT2D eigenvalue weighted by molar-refractivity contribution is 7.14. The summed E-state index contributed by atoms with van der Waals surface area (Å²) in [4.78, 5) is 28.5. The van der Waals surface area contributed by atoms with Crippen molar-refractivity contribution in [2.45, 2.75) is 32.1 Å². The van der Waals surface area contributed by atoms with Gasteiger partial charge in [-0.15, -0.1) is 11.3 Å². The Morgan fingerprint density at radius 1 is 1.00 bits per heavy atom. The number of amides is 2. The van der Waals surface area contributed by atoms with Crippen molar-refractivity contribution in [1.29, 1.82) is 0 Å². The maximum atomic E-state index is 12.3. The predicted molar refractivity (Wildman–Crippen MR) is 101 cm³/mol. The third kappa shape index (κ3) is 4.20. The van der Waals surface area contributed by atoms with Gasteiger partial charge in [0.15, 0.2) is 0 Å². The number of thiophene rings is 1. The molecule has 1 aromatic carbocycles. The first-order chi connectivity index (χ1) is 12.0. The van der Waals surface area contributed by atoms with Crippen molar-refractivity contribution in [3.63, 3.8) is 0 Å². The number of rotatable bonds is 3. The minimum atomic E-state index is -0.324. The molecule has 1 aliphatic carbocycles. The van der Waals surface area contributed by atoms with Gasteiger partial charge in [-0.2, -0.15) is 0 Å². The zero-order chi connectivity index (χ0) is 17.8. The van der Waals surface area contributed by atoms with Crippen LogP contribution in [0.3, 0.4) is 0 Å². The van der Waals surface area contributed by atoms with E-state index in [4.69, 9.17) is 0 Å². The van der Waals surface area contributed by atoms with Crippen molar-refractivity contribution in [2.24, 2.45) is 0 Å². The molecule has 0 spiro atoms. The molecular weight excluding hydrogens is 334 g/mol. The lowest BCUT2D eigenvalue weighted by Crippen LogP contribution is -2.41. The summed E-state index contributed by atoms with van der Waals surface area (Å²) in [5, 5.41) is 0. The zero-order valence-corrected chi connectivity index (χ0v) is 15.4. The Hall–Kier alpha value is -2.34. The molecule has 3 rings (SSSR count). The van der Waals surface area contributed by atoms with E-state index in [1.807, 2.05) is 37.2 Å². The van der Waals surface area contributed by atoms with Crippen LogP contribution in [0.5, 0.6) is 0 Å². The lowest BCUT2D eigenvalue weighted by atomic mass is 10.1. The van der Waals surface area contributed by atoms with Crippen LogP contribution in [-0.4, -0.2) is 25.9 Å². The van der Waals surface area contributed by atoms with Gasteiger partial charge in [0.05, 0.1) is 4.88 Å². The molecular formula is C19H23N3O2S. The van der Waals surface area contributed by atoms with Crippen molar-refractivity contribution in [3.05, 3.63) is 51.2 Å². The molecule has 0 fully saturated rings. The average Bonchev–Trinajstić information content (AvgIpc) is 2.90. The predicted octanol–water partition coefficient (Wildman–Crippen LogP) is 3.16. The first-order valence-corrected chi connectivity index (χ1v) is 9.36. The number of aryl methyl sites for hydroxylation is 2. The summed E-state index contributed by atoms with van der Waals surface area (Å²) < 4.78 is 0. The fourth-order valence-electron chi connectivity index (χ4n) is 2.95. The number of carbonyl (C=O) groups excluding carboxylic acids is 2. The van der Waals surface area contributed by atoms with Crippen LogP contribution in [0.1, 0.15) is 49.7 Å². The zero-order valence-electron chi connectivity index (χ0n) is 14.6. The van der Waals surface area contributed by atoms with Gasteiger partial charge in [0, 0.05) is 30.2 Å². The van der Waals surface area contributed by atoms with Crippen LogP contribution in [0.2, 0.25) is 0 Å². The van der Waals surface area contributed by atoms with E-state index in [0.717, 1.165) is 18.5 Å². The summed E-state index contributed by atoms with van der Waals surface area (Å²) in [5.74, 6) is -0.578. The Bertz CT molecular complexity index is 759. The highest BCUT2D eigenvalue weighted by Crippen LogP contribution is 2.28. The molecule has 0 unspecified atom stereocenters. The number of nitrogens with one attached hydrogen (secondary N) is 2. The van der Waals surface area contributed by atoms with Crippen molar-refractivity contribution < 1.29 is 9.59 Å². The summed E-state index contributed by atoms with van der Waals surface area (Å²) in [6, 6.07) is 9.23. The second kappa shape index (κ2) is 7.70. The normalized spacial score (nSPS) is 13.5. The van der Waals surface area contributed by atoms with E-state index in [-0.39, 0.29) is 11.8 Å². The maximum Gasteiger partial charge on any atom is 0.279 e. The minimum Gasteiger partial charge on any atom is -0.378 e. The van der Waals surface area contributed by atoms with Gasteiger partial charge in [-0.1, -0.05) is 12.5 Å². The highest BCUT2D eigenvalue weighted by atomic mass is 32.1. The van der Waals surface area contributed by atoms with E-state index in [2.05, 4.69) is 10.9 Å². The Morgan fingerprint density at radius 3 is 2.56 bits per heavy atom. The van der Waals surface area contributed by atoms with E-state index >= 15 is 0 Å². The highest BCUT2D eigenvalue weighted by Gasteiger charge is 2.17. The smallest absolute Gasteiger partial charge is 0.279 e. The van der Waals surface area contributed by atoms with Crippen LogP contribution in [0.4, 0.5) is 5.69 Å². The van der Waals surface area contributed by atoms with Crippen LogP contribution in [0.25, 0.3) is 0 Å². The molecule has 1 aliphatic rings. The van der Waals surface area contributed by atoms with Crippen molar-refractivity contribution >= 4 is 28.8 Å². The van der Waals surface area contributed by atoms with Gasteiger partial charge in [0.25, 0.3) is 11.8 Å². The summed E-state index contributed by atoms with van der Waals surface area (Å²) in [5.41, 5.74) is 7.76. The Kier molecular flexibility index (Phi) is 5.38. The summed E-state index contributed by atoms with van der Waals surface area (Å²) in [7, 11) is 3.83. The summed E-state index contributed by atoms with van der Waals surface area (Å²) in [6.45, 7) is 0. The van der Waals surface area contributed by atoms with Gasteiger partial charge >= 0.3 is 0 Å². The van der Waals surface area contributed by atoms with E-state index in [9.17, 15) is 9.59 Å². The first kappa shape index (κ1) is 17.5. The van der Waals surface area contributed by atoms with Crippen LogP contribution < -0.4 is 15.8 Å². The van der Waals surface area contributed by atoms with E-state index in [1.54, 1.807) is 23.5 Å². The molecule has 2 amide bonds. The van der Waals surface area contributed by atoms with Crippen LogP contribution >= 0.6 is 11.3 Å². The third-order valence-electron chi connectivity index (χ3n) is 4.38. The number of fused-ring (bicyclic) bond motifs is 1. The lowest BCUT2D eigenvalue weighted by Gasteiger charge is -2.13. The largest absolute Gasteiger partial charge is 0.378 e. The first-order valence-electron chi connectivity index (χ1n) is 8.54. The van der Waals surface area contributed by atoms with Gasteiger partial charge in [-0.3, -0.25) is 20.4 Å². The topological polar surface area (TPSA) is 61.4 Å². The van der Waals surface area contributed by atoms with Gasteiger partial charge in [0.1, 0.15) is 0 Å². The fourth-order valence-corrected chi connectivity index (χ4v) is 4.10. The molecule has 1 aromatic heterocycles. The molecule has 0 radical (unpaired) electrons. The molecule has 0 saturated heterocycles. The van der Waals surface area contributed by atoms with Gasteiger partial charge in [-0.25, -0.2) is 0 Å². The van der Waals surface area contributed by atoms with Gasteiger partial charge in [0.2, 0.25) is 0 Å². The van der Waals surface area contributed by atoms with Gasteiger partial charge in [-0.05, 0) is 55.5 Å². The Labute approximate surface area is 152 Å². The van der Waals surface area contributed by atoms with E-state index < -0.39 is 0 Å². The van der Waals surface area contributed by atoms with Gasteiger partial charge < -0.3 is 4.90 Å². The second-order valence-corrected chi connectivity index (χ2v) is 7.61. The molecule has 0 atom stereocenters. The monoisotopic (exact) mass is 357 g/mol. The Balaban J connectivity index is 1.62. The molecule has 6 heteroatoms. The number of nitrogens with zero attached hydrogens (tertiary/aromatic N) is 1. The van der Waals surface area contributed by atoms with E-state index in [0.29, 0.717) is 10.4 Å². The number of hydrazine groups is 1. The number of anilines is 1. The second-order valence-electron chi connectivity index (χ2n) is 6.47. The number of hydrogen-bond donors (Lipinski definition) is 2. The third-order valence-corrected chi connectivity index (χ3v) is 5.62. The summed E-state index contributed by atoms with van der Waals surface area (Å²) in [6.07, 6.45) is 5.72. The molecule has 1 heterocycles. The number of benzene rings is 1. The Morgan fingerprint density at radius 2 is 1.76 bits per heavy atom. The van der Waals surface area contributed by atoms with Crippen molar-refractivity contribution in [3.8, 4) is 0 Å². The molecule has 2 N–H and O–H groups in total. The molecule has 0 aliphatic heterocycles. The van der Waals surface area contributed by atoms with Crippen LogP contribution in [0.15, 0.2) is 30.3 Å². The summed E-state index contributed by atoms with van der Waals surface area (Å²) >= 11 is 1.54.